The summed E-state index contributed by atoms with van der Waals surface area (Å²) >= 11 is 0. The van der Waals surface area contributed by atoms with Gasteiger partial charge >= 0.3 is 0 Å². The maximum absolute atomic E-state index is 12.9. The van der Waals surface area contributed by atoms with Crippen LogP contribution < -0.4 is 5.32 Å². The third kappa shape index (κ3) is 3.81. The number of sulfonamides is 1. The number of amides is 1. The molecule has 0 radical (unpaired) electrons. The van der Waals surface area contributed by atoms with Crippen molar-refractivity contribution < 1.29 is 13.2 Å². The smallest absolute Gasteiger partial charge is 0.260 e. The van der Waals surface area contributed by atoms with Crippen molar-refractivity contribution in [1.82, 2.24) is 19.5 Å². The minimum absolute atomic E-state index is 0.0360. The molecule has 2 aromatic rings. The molecule has 9 heteroatoms. The molecule has 1 saturated heterocycles. The Labute approximate surface area is 164 Å². The summed E-state index contributed by atoms with van der Waals surface area (Å²) in [4.78, 5) is 16.5. The molecule has 3 heterocycles. The minimum Gasteiger partial charge on any atom is -0.323 e. The molecule has 0 unspecified atom stereocenters. The van der Waals surface area contributed by atoms with Crippen LogP contribution in [0.2, 0.25) is 0 Å². The Morgan fingerprint density at radius 1 is 1.18 bits per heavy atom. The highest BCUT2D eigenvalue weighted by molar-refractivity contribution is 7.89. The Hall–Kier alpha value is -2.26. The lowest BCUT2D eigenvalue weighted by Crippen LogP contribution is -2.39. The van der Waals surface area contributed by atoms with E-state index < -0.39 is 10.0 Å². The largest absolute Gasteiger partial charge is 0.323 e. The van der Waals surface area contributed by atoms with Crippen molar-refractivity contribution >= 4 is 21.6 Å². The molecule has 28 heavy (non-hydrogen) atoms. The van der Waals surface area contributed by atoms with Crippen LogP contribution in [0.1, 0.15) is 50.1 Å². The first-order chi connectivity index (χ1) is 13.6. The Bertz CT molecular complexity index is 922. The van der Waals surface area contributed by atoms with E-state index >= 15 is 0 Å². The van der Waals surface area contributed by atoms with Crippen molar-refractivity contribution in [2.24, 2.45) is 5.92 Å². The average molecular weight is 404 g/mol. The molecule has 1 aliphatic heterocycles. The summed E-state index contributed by atoms with van der Waals surface area (Å²) in [6, 6.07) is 4.89. The molecule has 0 aromatic carbocycles. The number of nitrogens with one attached hydrogen (secondary N) is 2. The lowest BCUT2D eigenvalue weighted by atomic mass is 9.95. The highest BCUT2D eigenvalue weighted by Crippen LogP contribution is 2.33. The highest BCUT2D eigenvalue weighted by atomic mass is 32.2. The second-order valence-corrected chi connectivity index (χ2v) is 9.42. The zero-order chi connectivity index (χ0) is 19.6. The third-order valence-electron chi connectivity index (χ3n) is 5.69. The predicted molar refractivity (Wildman–Crippen MR) is 104 cm³/mol. The van der Waals surface area contributed by atoms with Crippen LogP contribution >= 0.6 is 0 Å². The summed E-state index contributed by atoms with van der Waals surface area (Å²) in [6.45, 7) is 0.806. The van der Waals surface area contributed by atoms with Crippen LogP contribution in [0.3, 0.4) is 0 Å². The van der Waals surface area contributed by atoms with Crippen LogP contribution in [0.15, 0.2) is 35.6 Å². The summed E-state index contributed by atoms with van der Waals surface area (Å²) in [5, 5.41) is 10.2. The van der Waals surface area contributed by atoms with E-state index in [1.807, 2.05) is 0 Å². The minimum atomic E-state index is -3.63. The molecule has 1 saturated carbocycles. The topological polar surface area (TPSA) is 108 Å². The predicted octanol–water partition coefficient (Wildman–Crippen LogP) is 2.50. The molecular formula is C19H25N5O3S. The van der Waals surface area contributed by atoms with E-state index in [0.717, 1.165) is 44.2 Å². The van der Waals surface area contributed by atoms with Gasteiger partial charge in [0.05, 0.1) is 17.6 Å². The number of aromatic amines is 1. The van der Waals surface area contributed by atoms with Crippen LogP contribution in [-0.4, -0.2) is 46.9 Å². The summed E-state index contributed by atoms with van der Waals surface area (Å²) in [5.74, 6) is 0.0534. The molecule has 1 atom stereocenters. The van der Waals surface area contributed by atoms with Crippen molar-refractivity contribution in [2.45, 2.75) is 49.5 Å². The second-order valence-electron chi connectivity index (χ2n) is 7.54. The van der Waals surface area contributed by atoms with E-state index in [-0.39, 0.29) is 22.8 Å². The van der Waals surface area contributed by atoms with Gasteiger partial charge in [0.1, 0.15) is 0 Å². The Morgan fingerprint density at radius 2 is 2.00 bits per heavy atom. The quantitative estimate of drug-likeness (QED) is 0.797. The Kier molecular flexibility index (Phi) is 5.45. The van der Waals surface area contributed by atoms with Gasteiger partial charge in [0.25, 0.3) is 10.0 Å². The summed E-state index contributed by atoms with van der Waals surface area (Å²) in [6.07, 6.45) is 8.73. The van der Waals surface area contributed by atoms with Gasteiger partial charge < -0.3 is 5.32 Å². The molecule has 0 bridgehead atoms. The number of piperidine rings is 1. The van der Waals surface area contributed by atoms with Gasteiger partial charge in [0, 0.05) is 31.1 Å². The molecule has 150 valence electrons. The van der Waals surface area contributed by atoms with Gasteiger partial charge in [-0.1, -0.05) is 18.9 Å². The zero-order valence-electron chi connectivity index (χ0n) is 15.7. The van der Waals surface area contributed by atoms with Crippen LogP contribution in [0, 0.1) is 5.92 Å². The molecule has 2 fully saturated rings. The van der Waals surface area contributed by atoms with Crippen LogP contribution in [-0.2, 0) is 14.8 Å². The van der Waals surface area contributed by atoms with Crippen molar-refractivity contribution in [3.05, 3.63) is 36.3 Å². The number of hydrogen-bond donors (Lipinski definition) is 2. The van der Waals surface area contributed by atoms with Crippen molar-refractivity contribution in [2.75, 3.05) is 18.4 Å². The van der Waals surface area contributed by atoms with Crippen LogP contribution in [0.5, 0.6) is 0 Å². The fraction of sp³-hybridized carbons (Fsp3) is 0.526. The summed E-state index contributed by atoms with van der Waals surface area (Å²) in [5.41, 5.74) is 1.46. The number of nitrogens with zero attached hydrogens (tertiary/aromatic N) is 3. The number of anilines is 1. The van der Waals surface area contributed by atoms with Crippen molar-refractivity contribution in [3.63, 3.8) is 0 Å². The number of carbonyl (C=O) groups is 1. The number of rotatable bonds is 5. The number of H-pyrrole nitrogens is 1. The third-order valence-corrected chi connectivity index (χ3v) is 7.47. The number of carbonyl (C=O) groups excluding carboxylic acids is 1. The first kappa shape index (κ1) is 19.1. The lowest BCUT2D eigenvalue weighted by Gasteiger charge is -2.31. The molecular weight excluding hydrogens is 378 g/mol. The zero-order valence-corrected chi connectivity index (χ0v) is 16.5. The van der Waals surface area contributed by atoms with E-state index in [1.54, 1.807) is 18.3 Å². The molecule has 2 N–H and O–H groups in total. The Balaban J connectivity index is 1.50. The van der Waals surface area contributed by atoms with Gasteiger partial charge in [-0.15, -0.1) is 0 Å². The van der Waals surface area contributed by atoms with E-state index in [4.69, 9.17) is 0 Å². The average Bonchev–Trinajstić information content (AvgIpc) is 3.41. The van der Waals surface area contributed by atoms with Gasteiger partial charge in [0.15, 0.2) is 5.03 Å². The second kappa shape index (κ2) is 8.00. The number of pyridine rings is 1. The standard InChI is InChI=1S/C19H25N5O3S/c25-19(14-6-1-2-7-14)22-16-12-21-23-18(16)15-8-5-11-24(13-15)28(26,27)17-9-3-4-10-20-17/h3-4,9-10,12,14-15H,1-2,5-8,11,13H2,(H,21,23)(H,22,25)/t15-/m1/s1. The van der Waals surface area contributed by atoms with Gasteiger partial charge in [-0.2, -0.15) is 9.40 Å². The number of hydrogen-bond acceptors (Lipinski definition) is 5. The number of aromatic nitrogens is 3. The fourth-order valence-electron chi connectivity index (χ4n) is 4.16. The molecule has 8 nitrogen and oxygen atoms in total. The molecule has 1 amide bonds. The SMILES string of the molecule is O=C(Nc1cn[nH]c1[C@@H]1CCCN(S(=O)(=O)c2ccccn2)C1)C1CCCC1. The normalized spacial score (nSPS) is 21.6. The molecule has 4 rings (SSSR count). The van der Waals surface area contributed by atoms with E-state index in [2.05, 4.69) is 20.5 Å². The maximum atomic E-state index is 12.9. The van der Waals surface area contributed by atoms with E-state index in [9.17, 15) is 13.2 Å². The van der Waals surface area contributed by atoms with E-state index in [0.29, 0.717) is 18.8 Å². The van der Waals surface area contributed by atoms with E-state index in [1.165, 1.54) is 16.6 Å². The van der Waals surface area contributed by atoms with Crippen molar-refractivity contribution in [3.8, 4) is 0 Å². The van der Waals surface area contributed by atoms with Crippen molar-refractivity contribution in [1.29, 1.82) is 0 Å². The van der Waals surface area contributed by atoms with Gasteiger partial charge in [-0.25, -0.2) is 13.4 Å². The molecule has 2 aromatic heterocycles. The summed E-state index contributed by atoms with van der Waals surface area (Å²) < 4.78 is 27.3. The first-order valence-corrected chi connectivity index (χ1v) is 11.2. The van der Waals surface area contributed by atoms with Gasteiger partial charge in [-0.3, -0.25) is 9.89 Å². The summed E-state index contributed by atoms with van der Waals surface area (Å²) in [7, 11) is -3.63. The molecule has 2 aliphatic rings. The maximum Gasteiger partial charge on any atom is 0.260 e. The molecule has 1 aliphatic carbocycles. The molecule has 0 spiro atoms. The first-order valence-electron chi connectivity index (χ1n) is 9.81. The highest BCUT2D eigenvalue weighted by Gasteiger charge is 2.33. The van der Waals surface area contributed by atoms with Gasteiger partial charge in [-0.05, 0) is 37.8 Å². The lowest BCUT2D eigenvalue weighted by molar-refractivity contribution is -0.119. The van der Waals surface area contributed by atoms with Crippen LogP contribution in [0.4, 0.5) is 5.69 Å². The fourth-order valence-corrected chi connectivity index (χ4v) is 5.61. The van der Waals surface area contributed by atoms with Crippen LogP contribution in [0.25, 0.3) is 0 Å². The monoisotopic (exact) mass is 403 g/mol. The Morgan fingerprint density at radius 3 is 2.75 bits per heavy atom. The van der Waals surface area contributed by atoms with Gasteiger partial charge in [0.2, 0.25) is 5.91 Å².